The van der Waals surface area contributed by atoms with Crippen molar-refractivity contribution in [2.24, 2.45) is 0 Å². The van der Waals surface area contributed by atoms with E-state index in [0.29, 0.717) is 12.6 Å². The average Bonchev–Trinajstić information content (AvgIpc) is 2.97. The fourth-order valence-electron chi connectivity index (χ4n) is 4.00. The van der Waals surface area contributed by atoms with Crippen molar-refractivity contribution >= 4 is 28.9 Å². The SMILES string of the molecule is C[C@@H]1Cc2ccccc2N1CC(=O)N1CCN(c2cccc(Cl)c2)CC1. The quantitative estimate of drug-likeness (QED) is 0.829. The molecular formula is C21H24ClN3O. The van der Waals surface area contributed by atoms with Gasteiger partial charge in [-0.25, -0.2) is 0 Å². The van der Waals surface area contributed by atoms with Gasteiger partial charge in [-0.3, -0.25) is 4.79 Å². The van der Waals surface area contributed by atoms with Gasteiger partial charge >= 0.3 is 0 Å². The van der Waals surface area contributed by atoms with Crippen LogP contribution in [-0.2, 0) is 11.2 Å². The molecule has 0 bridgehead atoms. The maximum absolute atomic E-state index is 12.9. The van der Waals surface area contributed by atoms with E-state index < -0.39 is 0 Å². The van der Waals surface area contributed by atoms with Crippen LogP contribution >= 0.6 is 11.6 Å². The number of carbonyl (C=O) groups is 1. The maximum Gasteiger partial charge on any atom is 0.242 e. The van der Waals surface area contributed by atoms with Crippen molar-refractivity contribution in [3.8, 4) is 0 Å². The van der Waals surface area contributed by atoms with Crippen LogP contribution in [0.1, 0.15) is 12.5 Å². The average molecular weight is 370 g/mol. The number of piperazine rings is 1. The van der Waals surface area contributed by atoms with Crippen LogP contribution in [0, 0.1) is 0 Å². The van der Waals surface area contributed by atoms with Gasteiger partial charge in [0.15, 0.2) is 0 Å². The van der Waals surface area contributed by atoms with Crippen LogP contribution in [0.5, 0.6) is 0 Å². The molecule has 2 aromatic carbocycles. The number of anilines is 2. The van der Waals surface area contributed by atoms with E-state index in [1.165, 1.54) is 11.3 Å². The second kappa shape index (κ2) is 7.20. The van der Waals surface area contributed by atoms with Gasteiger partial charge in [-0.15, -0.1) is 0 Å². The predicted molar refractivity (Wildman–Crippen MR) is 107 cm³/mol. The first-order valence-corrected chi connectivity index (χ1v) is 9.62. The van der Waals surface area contributed by atoms with Gasteiger partial charge in [-0.05, 0) is 43.2 Å². The summed E-state index contributed by atoms with van der Waals surface area (Å²) in [5.74, 6) is 0.222. The lowest BCUT2D eigenvalue weighted by Crippen LogP contribution is -2.51. The number of nitrogens with zero attached hydrogens (tertiary/aromatic N) is 3. The molecule has 0 spiro atoms. The number of halogens is 1. The Morgan fingerprint density at radius 1 is 1.08 bits per heavy atom. The summed E-state index contributed by atoms with van der Waals surface area (Å²) >= 11 is 6.10. The Morgan fingerprint density at radius 2 is 1.85 bits per heavy atom. The van der Waals surface area contributed by atoms with Gasteiger partial charge in [-0.2, -0.15) is 0 Å². The fourth-order valence-corrected chi connectivity index (χ4v) is 4.19. The van der Waals surface area contributed by atoms with E-state index in [1.54, 1.807) is 0 Å². The molecule has 2 aliphatic rings. The van der Waals surface area contributed by atoms with Crippen molar-refractivity contribution < 1.29 is 4.79 Å². The molecule has 2 heterocycles. The molecule has 0 radical (unpaired) electrons. The van der Waals surface area contributed by atoms with Crippen LogP contribution in [0.25, 0.3) is 0 Å². The van der Waals surface area contributed by atoms with Crippen molar-refractivity contribution in [3.63, 3.8) is 0 Å². The zero-order chi connectivity index (χ0) is 18.1. The van der Waals surface area contributed by atoms with Gasteiger partial charge in [0.25, 0.3) is 0 Å². The summed E-state index contributed by atoms with van der Waals surface area (Å²) in [6, 6.07) is 16.7. The minimum absolute atomic E-state index is 0.222. The van der Waals surface area contributed by atoms with Gasteiger partial charge < -0.3 is 14.7 Å². The third kappa shape index (κ3) is 3.38. The van der Waals surface area contributed by atoms with E-state index in [9.17, 15) is 4.79 Å². The number of para-hydroxylation sites is 1. The lowest BCUT2D eigenvalue weighted by Gasteiger charge is -2.37. The zero-order valence-electron chi connectivity index (χ0n) is 15.1. The molecule has 26 heavy (non-hydrogen) atoms. The van der Waals surface area contributed by atoms with Gasteiger partial charge in [-0.1, -0.05) is 35.9 Å². The minimum atomic E-state index is 0.222. The maximum atomic E-state index is 12.9. The summed E-state index contributed by atoms with van der Waals surface area (Å²) in [7, 11) is 0. The molecule has 4 rings (SSSR count). The Morgan fingerprint density at radius 3 is 2.62 bits per heavy atom. The van der Waals surface area contributed by atoms with Crippen molar-refractivity contribution in [2.45, 2.75) is 19.4 Å². The summed E-state index contributed by atoms with van der Waals surface area (Å²) in [6.45, 7) is 5.88. The highest BCUT2D eigenvalue weighted by Gasteiger charge is 2.29. The normalized spacial score (nSPS) is 19.6. The van der Waals surface area contributed by atoms with E-state index in [1.807, 2.05) is 23.1 Å². The largest absolute Gasteiger partial charge is 0.368 e. The third-order valence-corrected chi connectivity index (χ3v) is 5.69. The van der Waals surface area contributed by atoms with Gasteiger partial charge in [0.05, 0.1) is 6.54 Å². The molecule has 5 heteroatoms. The number of benzene rings is 2. The van der Waals surface area contributed by atoms with Crippen molar-refractivity contribution in [1.82, 2.24) is 4.90 Å². The molecule has 2 aromatic rings. The second-order valence-electron chi connectivity index (χ2n) is 7.16. The summed E-state index contributed by atoms with van der Waals surface area (Å²) in [5.41, 5.74) is 3.69. The molecule has 1 fully saturated rings. The Labute approximate surface area is 160 Å². The topological polar surface area (TPSA) is 26.8 Å². The van der Waals surface area contributed by atoms with Crippen LogP contribution in [0.3, 0.4) is 0 Å². The van der Waals surface area contributed by atoms with E-state index >= 15 is 0 Å². The van der Waals surface area contributed by atoms with Gasteiger partial charge in [0.2, 0.25) is 5.91 Å². The third-order valence-electron chi connectivity index (χ3n) is 5.46. The Hall–Kier alpha value is -2.20. The molecular weight excluding hydrogens is 346 g/mol. The van der Waals surface area contributed by atoms with Crippen molar-refractivity contribution in [2.75, 3.05) is 42.5 Å². The zero-order valence-corrected chi connectivity index (χ0v) is 15.8. The molecule has 0 saturated carbocycles. The number of hydrogen-bond acceptors (Lipinski definition) is 3. The van der Waals surface area contributed by atoms with E-state index in [0.717, 1.165) is 43.3 Å². The van der Waals surface area contributed by atoms with Gasteiger partial charge in [0.1, 0.15) is 0 Å². The minimum Gasteiger partial charge on any atom is -0.368 e. The Kier molecular flexibility index (Phi) is 4.77. The molecule has 1 saturated heterocycles. The van der Waals surface area contributed by atoms with Crippen LogP contribution in [0.4, 0.5) is 11.4 Å². The number of carbonyl (C=O) groups excluding carboxylic acids is 1. The smallest absolute Gasteiger partial charge is 0.242 e. The van der Waals surface area contributed by atoms with Crippen molar-refractivity contribution in [1.29, 1.82) is 0 Å². The highest BCUT2D eigenvalue weighted by Crippen LogP contribution is 2.31. The number of hydrogen-bond donors (Lipinski definition) is 0. The predicted octanol–water partition coefficient (Wildman–Crippen LogP) is 3.44. The second-order valence-corrected chi connectivity index (χ2v) is 7.59. The number of amides is 1. The molecule has 2 aliphatic heterocycles. The molecule has 1 atom stereocenters. The molecule has 1 amide bonds. The summed E-state index contributed by atoms with van der Waals surface area (Å²) in [6.07, 6.45) is 1.02. The molecule has 0 unspecified atom stereocenters. The van der Waals surface area contributed by atoms with Crippen LogP contribution in [-0.4, -0.2) is 49.6 Å². The number of fused-ring (bicyclic) bond motifs is 1. The van der Waals surface area contributed by atoms with Crippen LogP contribution < -0.4 is 9.80 Å². The summed E-state index contributed by atoms with van der Waals surface area (Å²) < 4.78 is 0. The first kappa shape index (κ1) is 17.2. The summed E-state index contributed by atoms with van der Waals surface area (Å²) in [4.78, 5) is 19.4. The van der Waals surface area contributed by atoms with Crippen LogP contribution in [0.15, 0.2) is 48.5 Å². The Bertz CT molecular complexity index is 801. The molecule has 4 nitrogen and oxygen atoms in total. The highest BCUT2D eigenvalue weighted by atomic mass is 35.5. The molecule has 136 valence electrons. The monoisotopic (exact) mass is 369 g/mol. The van der Waals surface area contributed by atoms with E-state index in [2.05, 4.69) is 47.1 Å². The summed E-state index contributed by atoms with van der Waals surface area (Å²) in [5, 5.41) is 0.752. The lowest BCUT2D eigenvalue weighted by atomic mass is 10.1. The van der Waals surface area contributed by atoms with Crippen LogP contribution in [0.2, 0.25) is 5.02 Å². The van der Waals surface area contributed by atoms with E-state index in [4.69, 9.17) is 11.6 Å². The number of rotatable bonds is 3. The van der Waals surface area contributed by atoms with Crippen molar-refractivity contribution in [3.05, 3.63) is 59.1 Å². The van der Waals surface area contributed by atoms with Gasteiger partial charge in [0, 0.05) is 48.6 Å². The molecule has 0 N–H and O–H groups in total. The lowest BCUT2D eigenvalue weighted by molar-refractivity contribution is -0.130. The fraction of sp³-hybridized carbons (Fsp3) is 0.381. The first-order valence-electron chi connectivity index (χ1n) is 9.24. The first-order chi connectivity index (χ1) is 12.6. The standard InChI is InChI=1S/C21H24ClN3O/c1-16-13-17-5-2-3-8-20(17)25(16)15-21(26)24-11-9-23(10-12-24)19-7-4-6-18(22)14-19/h2-8,14,16H,9-13,15H2,1H3/t16-/m1/s1. The molecule has 0 aromatic heterocycles. The van der Waals surface area contributed by atoms with E-state index in [-0.39, 0.29) is 5.91 Å². The highest BCUT2D eigenvalue weighted by molar-refractivity contribution is 6.30. The Balaban J connectivity index is 1.37. The molecule has 0 aliphatic carbocycles.